The van der Waals surface area contributed by atoms with Crippen LogP contribution in [0.2, 0.25) is 0 Å². The van der Waals surface area contributed by atoms with Crippen LogP contribution in [0.1, 0.15) is 22.3 Å². The molecule has 2 aromatic carbocycles. The first-order chi connectivity index (χ1) is 12.7. The maximum atomic E-state index is 13.1. The molecule has 0 saturated heterocycles. The SMILES string of the molecule is O=C(C1=C2SC=C(c3ccc(Br)cc3)N2CC1)c1ccc2c(c1)OCO2. The number of hydrogen-bond donors (Lipinski definition) is 0. The maximum Gasteiger partial charge on any atom is 0.231 e. The second-order valence-electron chi connectivity index (χ2n) is 6.21. The first kappa shape index (κ1) is 16.0. The summed E-state index contributed by atoms with van der Waals surface area (Å²) in [4.78, 5) is 15.3. The molecule has 3 heterocycles. The van der Waals surface area contributed by atoms with Crippen LogP contribution in [0.3, 0.4) is 0 Å². The van der Waals surface area contributed by atoms with E-state index in [9.17, 15) is 4.79 Å². The Labute approximate surface area is 163 Å². The summed E-state index contributed by atoms with van der Waals surface area (Å²) in [6.07, 6.45) is 0.753. The molecular formula is C20H14BrNO3S. The highest BCUT2D eigenvalue weighted by Crippen LogP contribution is 2.46. The molecule has 3 aliphatic rings. The first-order valence-electron chi connectivity index (χ1n) is 8.28. The van der Waals surface area contributed by atoms with Crippen LogP contribution in [0.5, 0.6) is 11.5 Å². The van der Waals surface area contributed by atoms with Crippen molar-refractivity contribution < 1.29 is 14.3 Å². The number of carbonyl (C=O) groups excluding carboxylic acids is 1. The summed E-state index contributed by atoms with van der Waals surface area (Å²) in [5.74, 6) is 1.41. The fourth-order valence-corrected chi connectivity index (χ4v) is 4.81. The number of carbonyl (C=O) groups is 1. The molecule has 3 aliphatic heterocycles. The summed E-state index contributed by atoms with van der Waals surface area (Å²) < 4.78 is 11.8. The molecule has 26 heavy (non-hydrogen) atoms. The third-order valence-electron chi connectivity index (χ3n) is 4.71. The average Bonchev–Trinajstić information content (AvgIpc) is 3.37. The van der Waals surface area contributed by atoms with Crippen LogP contribution in [0, 0.1) is 0 Å². The molecule has 0 aromatic heterocycles. The number of benzene rings is 2. The number of fused-ring (bicyclic) bond motifs is 2. The van der Waals surface area contributed by atoms with Crippen molar-refractivity contribution in [1.82, 2.24) is 4.90 Å². The fourth-order valence-electron chi connectivity index (χ4n) is 3.40. The van der Waals surface area contributed by atoms with Crippen molar-refractivity contribution in [3.8, 4) is 11.5 Å². The first-order valence-corrected chi connectivity index (χ1v) is 9.96. The molecule has 0 bridgehead atoms. The Balaban J connectivity index is 1.44. The predicted molar refractivity (Wildman–Crippen MR) is 105 cm³/mol. The van der Waals surface area contributed by atoms with E-state index in [1.807, 2.05) is 18.2 Å². The normalized spacial score (nSPS) is 17.6. The van der Waals surface area contributed by atoms with Gasteiger partial charge < -0.3 is 14.4 Å². The van der Waals surface area contributed by atoms with Gasteiger partial charge in [0, 0.05) is 27.6 Å². The lowest BCUT2D eigenvalue weighted by molar-refractivity contribution is 0.103. The van der Waals surface area contributed by atoms with Gasteiger partial charge in [-0.05, 0) is 42.3 Å². The fraction of sp³-hybridized carbons (Fsp3) is 0.150. The van der Waals surface area contributed by atoms with Gasteiger partial charge in [0.2, 0.25) is 6.79 Å². The molecule has 0 spiro atoms. The summed E-state index contributed by atoms with van der Waals surface area (Å²) in [6, 6.07) is 13.7. The van der Waals surface area contributed by atoms with Crippen molar-refractivity contribution in [3.05, 3.63) is 74.1 Å². The Hall–Kier alpha value is -2.18. The van der Waals surface area contributed by atoms with E-state index < -0.39 is 0 Å². The second-order valence-corrected chi connectivity index (χ2v) is 7.98. The molecule has 0 unspecified atom stereocenters. The lowest BCUT2D eigenvalue weighted by atomic mass is 10.0. The van der Waals surface area contributed by atoms with Crippen molar-refractivity contribution in [1.29, 1.82) is 0 Å². The zero-order valence-corrected chi connectivity index (χ0v) is 16.1. The van der Waals surface area contributed by atoms with Gasteiger partial charge in [-0.25, -0.2) is 0 Å². The number of Topliss-reactive ketones (excluding diaryl/α,β-unsaturated/α-hetero) is 1. The van der Waals surface area contributed by atoms with E-state index in [1.165, 1.54) is 0 Å². The lowest BCUT2D eigenvalue weighted by Gasteiger charge is -2.18. The summed E-state index contributed by atoms with van der Waals surface area (Å²) in [5, 5.41) is 3.18. The van der Waals surface area contributed by atoms with E-state index in [4.69, 9.17) is 9.47 Å². The Bertz CT molecular complexity index is 981. The standard InChI is InChI=1S/C20H14BrNO3S/c21-14-4-1-12(2-5-14)16-10-26-20-15(7-8-22(16)20)19(23)13-3-6-17-18(9-13)25-11-24-17/h1-6,9-10H,7-8,11H2. The monoisotopic (exact) mass is 427 g/mol. The van der Waals surface area contributed by atoms with Gasteiger partial charge in [0.05, 0.1) is 10.7 Å². The van der Waals surface area contributed by atoms with E-state index >= 15 is 0 Å². The molecule has 4 nitrogen and oxygen atoms in total. The van der Waals surface area contributed by atoms with E-state index in [1.54, 1.807) is 23.9 Å². The zero-order chi connectivity index (χ0) is 17.7. The van der Waals surface area contributed by atoms with Gasteiger partial charge in [-0.2, -0.15) is 0 Å². The number of ether oxygens (including phenoxy) is 2. The molecule has 0 N–H and O–H groups in total. The molecule has 2 aromatic rings. The summed E-state index contributed by atoms with van der Waals surface area (Å²) >= 11 is 5.11. The van der Waals surface area contributed by atoms with E-state index in [-0.39, 0.29) is 12.6 Å². The van der Waals surface area contributed by atoms with E-state index in [0.717, 1.165) is 39.3 Å². The van der Waals surface area contributed by atoms with Gasteiger partial charge >= 0.3 is 0 Å². The molecule has 0 aliphatic carbocycles. The maximum absolute atomic E-state index is 13.1. The van der Waals surface area contributed by atoms with Gasteiger partial charge in [0.1, 0.15) is 0 Å². The largest absolute Gasteiger partial charge is 0.454 e. The van der Waals surface area contributed by atoms with Crippen LogP contribution < -0.4 is 9.47 Å². The van der Waals surface area contributed by atoms with E-state index in [0.29, 0.717) is 17.1 Å². The summed E-state index contributed by atoms with van der Waals surface area (Å²) in [5.41, 5.74) is 3.84. The minimum Gasteiger partial charge on any atom is -0.454 e. The third kappa shape index (κ3) is 2.56. The smallest absolute Gasteiger partial charge is 0.231 e. The molecule has 0 saturated carbocycles. The number of nitrogens with zero attached hydrogens (tertiary/aromatic N) is 1. The molecule has 6 heteroatoms. The summed E-state index contributed by atoms with van der Waals surface area (Å²) in [6.45, 7) is 1.04. The van der Waals surface area contributed by atoms with Crippen molar-refractivity contribution in [2.45, 2.75) is 6.42 Å². The van der Waals surface area contributed by atoms with Crippen molar-refractivity contribution >= 4 is 39.2 Å². The highest BCUT2D eigenvalue weighted by atomic mass is 79.9. The lowest BCUT2D eigenvalue weighted by Crippen LogP contribution is -2.12. The van der Waals surface area contributed by atoms with Crippen LogP contribution in [0.15, 0.2) is 62.9 Å². The second kappa shape index (κ2) is 6.21. The van der Waals surface area contributed by atoms with Crippen LogP contribution in [0.4, 0.5) is 0 Å². The molecule has 0 atom stereocenters. The third-order valence-corrected chi connectivity index (χ3v) is 6.27. The van der Waals surface area contributed by atoms with Crippen molar-refractivity contribution in [2.24, 2.45) is 0 Å². The van der Waals surface area contributed by atoms with Crippen LogP contribution >= 0.6 is 27.7 Å². The Kier molecular flexibility index (Phi) is 3.83. The van der Waals surface area contributed by atoms with Crippen LogP contribution in [-0.4, -0.2) is 24.0 Å². The Morgan fingerprint density at radius 3 is 2.73 bits per heavy atom. The zero-order valence-electron chi connectivity index (χ0n) is 13.7. The highest BCUT2D eigenvalue weighted by molar-refractivity contribution is 9.10. The number of thioether (sulfide) groups is 1. The average molecular weight is 428 g/mol. The molecule has 0 radical (unpaired) electrons. The van der Waals surface area contributed by atoms with Gasteiger partial charge in [0.25, 0.3) is 0 Å². The van der Waals surface area contributed by atoms with Gasteiger partial charge in [0.15, 0.2) is 17.3 Å². The summed E-state index contributed by atoms with van der Waals surface area (Å²) in [7, 11) is 0. The number of ketones is 1. The molecule has 5 rings (SSSR count). The minimum atomic E-state index is 0.0683. The van der Waals surface area contributed by atoms with Crippen LogP contribution in [0.25, 0.3) is 5.70 Å². The minimum absolute atomic E-state index is 0.0683. The number of hydrogen-bond acceptors (Lipinski definition) is 5. The quantitative estimate of drug-likeness (QED) is 0.642. The number of rotatable bonds is 3. The topological polar surface area (TPSA) is 38.8 Å². The predicted octanol–water partition coefficient (Wildman–Crippen LogP) is 5.02. The molecule has 0 amide bonds. The Morgan fingerprint density at radius 2 is 1.88 bits per heavy atom. The highest BCUT2D eigenvalue weighted by Gasteiger charge is 2.34. The molecule has 0 fully saturated rings. The molecule has 130 valence electrons. The van der Waals surface area contributed by atoms with Crippen LogP contribution in [-0.2, 0) is 0 Å². The molecular weight excluding hydrogens is 414 g/mol. The van der Waals surface area contributed by atoms with Crippen molar-refractivity contribution in [2.75, 3.05) is 13.3 Å². The number of halogens is 1. The Morgan fingerprint density at radius 1 is 1.08 bits per heavy atom. The van der Waals surface area contributed by atoms with Gasteiger partial charge in [-0.3, -0.25) is 4.79 Å². The van der Waals surface area contributed by atoms with Gasteiger partial charge in [-0.1, -0.05) is 39.8 Å². The van der Waals surface area contributed by atoms with E-state index in [2.05, 4.69) is 38.4 Å². The van der Waals surface area contributed by atoms with Crippen molar-refractivity contribution in [3.63, 3.8) is 0 Å². The van der Waals surface area contributed by atoms with Gasteiger partial charge in [-0.15, -0.1) is 0 Å².